The van der Waals surface area contributed by atoms with Crippen molar-refractivity contribution in [1.29, 1.82) is 0 Å². The molecule has 0 aliphatic heterocycles. The number of aromatic nitrogens is 2. The fourth-order valence-electron chi connectivity index (χ4n) is 2.26. The van der Waals surface area contributed by atoms with E-state index >= 15 is 0 Å². The van der Waals surface area contributed by atoms with Crippen molar-refractivity contribution < 1.29 is 19.8 Å². The molecule has 2 aromatic heterocycles. The van der Waals surface area contributed by atoms with Gasteiger partial charge in [0, 0.05) is 17.5 Å². The van der Waals surface area contributed by atoms with Crippen LogP contribution in [0.4, 0.5) is 0 Å². The first-order chi connectivity index (χ1) is 12.6. The second-order valence-corrected chi connectivity index (χ2v) is 7.82. The topological polar surface area (TPSA) is 92.4 Å². The first-order valence-electron chi connectivity index (χ1n) is 7.35. The second kappa shape index (κ2) is 8.75. The Hall–Kier alpha value is -2.06. The van der Waals surface area contributed by atoms with Gasteiger partial charge in [-0.1, -0.05) is 34.8 Å². The summed E-state index contributed by atoms with van der Waals surface area (Å²) in [5, 5.41) is 21.9. The molecule has 3 aromatic rings. The number of aromatic carboxylic acids is 1. The highest BCUT2D eigenvalue weighted by atomic mass is 35.5. The molecule has 0 amide bonds. The largest absolute Gasteiger partial charge is 0.481 e. The van der Waals surface area contributed by atoms with Crippen LogP contribution in [-0.4, -0.2) is 31.9 Å². The van der Waals surface area contributed by atoms with Crippen LogP contribution in [0.3, 0.4) is 0 Å². The first kappa shape index (κ1) is 21.2. The smallest absolute Gasteiger partial charge is 0.356 e. The van der Waals surface area contributed by atoms with Gasteiger partial charge in [-0.25, -0.2) is 9.48 Å². The van der Waals surface area contributed by atoms with Crippen LogP contribution < -0.4 is 0 Å². The summed E-state index contributed by atoms with van der Waals surface area (Å²) in [7, 11) is 0. The molecule has 2 N–H and O–H groups in total. The Labute approximate surface area is 173 Å². The van der Waals surface area contributed by atoms with Gasteiger partial charge in [-0.05, 0) is 37.3 Å². The van der Waals surface area contributed by atoms with Crippen LogP contribution in [0.25, 0.3) is 16.3 Å². The van der Waals surface area contributed by atoms with Crippen molar-refractivity contribution >= 4 is 58.1 Å². The third-order valence-electron chi connectivity index (χ3n) is 3.27. The number of halogens is 3. The van der Waals surface area contributed by atoms with Crippen LogP contribution in [0.2, 0.25) is 14.4 Å². The van der Waals surface area contributed by atoms with Crippen molar-refractivity contribution in [2.75, 3.05) is 0 Å². The van der Waals surface area contributed by atoms with Gasteiger partial charge in [-0.2, -0.15) is 5.10 Å². The van der Waals surface area contributed by atoms with Crippen LogP contribution in [-0.2, 0) is 4.79 Å². The highest BCUT2D eigenvalue weighted by Gasteiger charge is 2.23. The molecule has 0 unspecified atom stereocenters. The molecule has 2 heterocycles. The fourth-order valence-corrected chi connectivity index (χ4v) is 3.88. The van der Waals surface area contributed by atoms with Gasteiger partial charge in [0.1, 0.15) is 0 Å². The summed E-state index contributed by atoms with van der Waals surface area (Å²) in [6.45, 7) is 2.79. The lowest BCUT2D eigenvalue weighted by Crippen LogP contribution is -2.02. The maximum Gasteiger partial charge on any atom is 0.356 e. The molecule has 3 rings (SSSR count). The molecule has 0 fully saturated rings. The van der Waals surface area contributed by atoms with Crippen LogP contribution in [0, 0.1) is 6.92 Å². The monoisotopic (exact) mass is 446 g/mol. The summed E-state index contributed by atoms with van der Waals surface area (Å²) in [6, 6.07) is 8.53. The summed E-state index contributed by atoms with van der Waals surface area (Å²) in [4.78, 5) is 21.2. The van der Waals surface area contributed by atoms with Crippen LogP contribution >= 0.6 is 46.1 Å². The van der Waals surface area contributed by atoms with E-state index in [1.807, 2.05) is 6.07 Å². The zero-order chi connectivity index (χ0) is 20.3. The van der Waals surface area contributed by atoms with Crippen LogP contribution in [0.5, 0.6) is 0 Å². The molecule has 0 saturated carbocycles. The number of carbonyl (C=O) groups is 2. The van der Waals surface area contributed by atoms with Crippen molar-refractivity contribution in [2.45, 2.75) is 13.8 Å². The van der Waals surface area contributed by atoms with E-state index < -0.39 is 11.9 Å². The predicted octanol–water partition coefficient (Wildman–Crippen LogP) is 5.66. The van der Waals surface area contributed by atoms with E-state index in [0.29, 0.717) is 31.3 Å². The molecule has 0 radical (unpaired) electrons. The second-order valence-electron chi connectivity index (χ2n) is 5.26. The number of thiophene rings is 1. The Kier molecular flexibility index (Phi) is 6.89. The molecular weight excluding hydrogens is 435 g/mol. The van der Waals surface area contributed by atoms with E-state index in [1.165, 1.54) is 16.0 Å². The molecule has 1 aromatic carbocycles. The maximum absolute atomic E-state index is 11.4. The third-order valence-corrected chi connectivity index (χ3v) is 5.05. The lowest BCUT2D eigenvalue weighted by Gasteiger charge is -2.09. The van der Waals surface area contributed by atoms with Gasteiger partial charge in [-0.15, -0.1) is 11.3 Å². The van der Waals surface area contributed by atoms with Gasteiger partial charge in [0.2, 0.25) is 0 Å². The van der Waals surface area contributed by atoms with E-state index in [-0.39, 0.29) is 5.69 Å². The van der Waals surface area contributed by atoms with E-state index in [4.69, 9.17) is 44.7 Å². The van der Waals surface area contributed by atoms with Crippen molar-refractivity contribution in [1.82, 2.24) is 9.78 Å². The van der Waals surface area contributed by atoms with Gasteiger partial charge in [0.05, 0.1) is 25.6 Å². The first-order valence-corrected chi connectivity index (χ1v) is 9.30. The van der Waals surface area contributed by atoms with E-state index in [0.717, 1.165) is 11.8 Å². The molecule has 0 bridgehead atoms. The normalized spacial score (nSPS) is 10.3. The fraction of sp³-hybridized carbons (Fsp3) is 0.118. The van der Waals surface area contributed by atoms with E-state index in [2.05, 4.69) is 5.10 Å². The summed E-state index contributed by atoms with van der Waals surface area (Å²) in [5.74, 6) is -1.93. The molecule has 0 spiro atoms. The number of carboxylic acids is 2. The molecule has 0 atom stereocenters. The van der Waals surface area contributed by atoms with E-state index in [9.17, 15) is 9.90 Å². The zero-order valence-electron chi connectivity index (χ0n) is 14.0. The van der Waals surface area contributed by atoms with Crippen LogP contribution in [0.1, 0.15) is 23.0 Å². The molecule has 10 heteroatoms. The molecular formula is C17H13Cl3N2O4S. The number of hydrogen-bond donors (Lipinski definition) is 2. The lowest BCUT2D eigenvalue weighted by molar-refractivity contribution is -0.134. The molecule has 27 heavy (non-hydrogen) atoms. The molecule has 142 valence electrons. The minimum Gasteiger partial charge on any atom is -0.481 e. The summed E-state index contributed by atoms with van der Waals surface area (Å²) >= 11 is 19.5. The standard InChI is InChI=1S/C15H9Cl3N2O2S.C2H4O2/c1-7-13(15(21)22)19-20(10-3-2-8(16)6-9(10)17)14(7)11-4-5-12(18)23-11;1-2(3)4/h2-6H,1H3,(H,21,22);1H3,(H,3,4). The van der Waals surface area contributed by atoms with Gasteiger partial charge in [0.15, 0.2) is 5.69 Å². The lowest BCUT2D eigenvalue weighted by atomic mass is 10.1. The van der Waals surface area contributed by atoms with Gasteiger partial charge in [0.25, 0.3) is 5.97 Å². The number of benzene rings is 1. The number of rotatable bonds is 3. The predicted molar refractivity (Wildman–Crippen MR) is 107 cm³/mol. The van der Waals surface area contributed by atoms with Gasteiger partial charge >= 0.3 is 5.97 Å². The van der Waals surface area contributed by atoms with E-state index in [1.54, 1.807) is 31.2 Å². The number of carboxylic acid groups (broad SMARTS) is 2. The average molecular weight is 448 g/mol. The van der Waals surface area contributed by atoms with Crippen molar-refractivity contribution in [2.24, 2.45) is 0 Å². The Balaban J connectivity index is 0.000000596. The molecule has 0 aliphatic rings. The summed E-state index contributed by atoms with van der Waals surface area (Å²) in [6.07, 6.45) is 0. The Morgan fingerprint density at radius 1 is 1.11 bits per heavy atom. The minimum atomic E-state index is -1.10. The summed E-state index contributed by atoms with van der Waals surface area (Å²) in [5.41, 5.74) is 1.70. The summed E-state index contributed by atoms with van der Waals surface area (Å²) < 4.78 is 2.12. The van der Waals surface area contributed by atoms with Crippen molar-refractivity contribution in [3.05, 3.63) is 56.0 Å². The van der Waals surface area contributed by atoms with Crippen LogP contribution in [0.15, 0.2) is 30.3 Å². The zero-order valence-corrected chi connectivity index (χ0v) is 17.1. The number of aliphatic carboxylic acids is 1. The Morgan fingerprint density at radius 3 is 2.22 bits per heavy atom. The highest BCUT2D eigenvalue weighted by Crippen LogP contribution is 2.37. The number of nitrogens with zero attached hydrogens (tertiary/aromatic N) is 2. The molecule has 6 nitrogen and oxygen atoms in total. The van der Waals surface area contributed by atoms with Crippen molar-refractivity contribution in [3.63, 3.8) is 0 Å². The van der Waals surface area contributed by atoms with Crippen molar-refractivity contribution in [3.8, 4) is 16.3 Å². The molecule has 0 saturated heterocycles. The van der Waals surface area contributed by atoms with Gasteiger partial charge in [-0.3, -0.25) is 4.79 Å². The third kappa shape index (κ3) is 5.01. The SMILES string of the molecule is CC(=O)O.Cc1c(C(=O)O)nn(-c2ccc(Cl)cc2Cl)c1-c1ccc(Cl)s1. The van der Waals surface area contributed by atoms with Gasteiger partial charge < -0.3 is 10.2 Å². The average Bonchev–Trinajstić information content (AvgIpc) is 3.10. The number of hydrogen-bond acceptors (Lipinski definition) is 4. The minimum absolute atomic E-state index is 0.0319. The molecule has 0 aliphatic carbocycles. The Bertz CT molecular complexity index is 1010. The highest BCUT2D eigenvalue weighted by molar-refractivity contribution is 7.19. The quantitative estimate of drug-likeness (QED) is 0.540. The maximum atomic E-state index is 11.4. The Morgan fingerprint density at radius 2 is 1.74 bits per heavy atom.